The third kappa shape index (κ3) is 4.77. The van der Waals surface area contributed by atoms with Crippen LogP contribution in [0.3, 0.4) is 0 Å². The van der Waals surface area contributed by atoms with Crippen LogP contribution in [0.5, 0.6) is 0 Å². The van der Waals surface area contributed by atoms with Crippen LogP contribution in [-0.2, 0) is 21.8 Å². The second kappa shape index (κ2) is 9.36. The number of hydrogen-bond acceptors (Lipinski definition) is 8. The summed E-state index contributed by atoms with van der Waals surface area (Å²) in [6.45, 7) is 1.28. The predicted molar refractivity (Wildman–Crippen MR) is 132 cm³/mol. The van der Waals surface area contributed by atoms with E-state index in [0.717, 1.165) is 17.8 Å². The summed E-state index contributed by atoms with van der Waals surface area (Å²) in [5.41, 5.74) is 6.72. The van der Waals surface area contributed by atoms with Gasteiger partial charge in [0.25, 0.3) is 10.0 Å². The second-order valence-electron chi connectivity index (χ2n) is 8.20. The number of aryl methyl sites for hydroxylation is 1. The minimum Gasteiger partial charge on any atom is -0.381 e. The smallest absolute Gasteiger partial charge is 0.263 e. The fraction of sp³-hybridized carbons (Fsp3) is 0.261. The molecule has 1 aliphatic rings. The lowest BCUT2D eigenvalue weighted by Crippen LogP contribution is -2.14. The average Bonchev–Trinajstić information content (AvgIpc) is 3.48. The van der Waals surface area contributed by atoms with E-state index >= 15 is 4.39 Å². The molecule has 35 heavy (non-hydrogen) atoms. The van der Waals surface area contributed by atoms with E-state index in [1.165, 1.54) is 35.9 Å². The van der Waals surface area contributed by atoms with Crippen molar-refractivity contribution in [3.63, 3.8) is 0 Å². The zero-order valence-corrected chi connectivity index (χ0v) is 20.4. The molecular formula is C23H23FN6O3S2. The van der Waals surface area contributed by atoms with Crippen molar-refractivity contribution in [1.82, 2.24) is 19.5 Å². The van der Waals surface area contributed by atoms with Crippen LogP contribution < -0.4 is 10.5 Å². The summed E-state index contributed by atoms with van der Waals surface area (Å²) in [6, 6.07) is 7.69. The third-order valence-corrected chi connectivity index (χ3v) is 8.33. The predicted octanol–water partition coefficient (Wildman–Crippen LogP) is 4.02. The normalized spacial score (nSPS) is 14.8. The van der Waals surface area contributed by atoms with Gasteiger partial charge in [0.2, 0.25) is 5.95 Å². The molecule has 182 valence electrons. The molecule has 1 aromatic carbocycles. The maximum atomic E-state index is 15.8. The summed E-state index contributed by atoms with van der Waals surface area (Å²) in [5, 5.41) is 0.852. The Morgan fingerprint density at radius 1 is 1.20 bits per heavy atom. The van der Waals surface area contributed by atoms with Gasteiger partial charge in [-0.1, -0.05) is 6.07 Å². The topological polar surface area (TPSA) is 125 Å². The molecule has 12 heteroatoms. The molecule has 5 rings (SSSR count). The van der Waals surface area contributed by atoms with Crippen molar-refractivity contribution < 1.29 is 17.5 Å². The molecule has 0 bridgehead atoms. The van der Waals surface area contributed by atoms with Gasteiger partial charge in [-0.3, -0.25) is 4.72 Å². The Kier molecular flexibility index (Phi) is 6.26. The number of ether oxygens (including phenoxy) is 1. The van der Waals surface area contributed by atoms with Crippen LogP contribution in [0, 0.1) is 5.82 Å². The molecule has 0 unspecified atom stereocenters. The quantitative estimate of drug-likeness (QED) is 0.398. The van der Waals surface area contributed by atoms with Crippen LogP contribution in [0.2, 0.25) is 0 Å². The van der Waals surface area contributed by atoms with Crippen LogP contribution in [-0.4, -0.2) is 41.2 Å². The number of aromatic nitrogens is 4. The summed E-state index contributed by atoms with van der Waals surface area (Å²) >= 11 is 1.43. The first-order chi connectivity index (χ1) is 16.8. The van der Waals surface area contributed by atoms with Gasteiger partial charge in [-0.2, -0.15) is 0 Å². The number of hydrogen-bond donors (Lipinski definition) is 2. The lowest BCUT2D eigenvalue weighted by atomic mass is 10.0. The summed E-state index contributed by atoms with van der Waals surface area (Å²) in [5.74, 6) is -0.443. The molecule has 0 saturated carbocycles. The molecule has 0 radical (unpaired) electrons. The Bertz CT molecular complexity index is 1480. The van der Waals surface area contributed by atoms with Gasteiger partial charge in [0.15, 0.2) is 5.82 Å². The van der Waals surface area contributed by atoms with Crippen LogP contribution in [0.1, 0.15) is 23.8 Å². The second-order valence-corrected chi connectivity index (χ2v) is 10.9. The number of anilines is 2. The number of nitrogen functional groups attached to an aromatic ring is 1. The first kappa shape index (κ1) is 23.4. The average molecular weight is 515 g/mol. The number of benzene rings is 1. The lowest BCUT2D eigenvalue weighted by molar-refractivity contribution is 0.0853. The highest BCUT2D eigenvalue weighted by molar-refractivity contribution is 7.92. The molecule has 9 nitrogen and oxygen atoms in total. The van der Waals surface area contributed by atoms with Gasteiger partial charge in [0.05, 0.1) is 27.0 Å². The highest BCUT2D eigenvalue weighted by Crippen LogP contribution is 2.42. The fourth-order valence-corrected chi connectivity index (χ4v) is 6.28. The van der Waals surface area contributed by atoms with E-state index in [0.29, 0.717) is 29.5 Å². The number of nitrogens with two attached hydrogens (primary N) is 1. The molecule has 1 saturated heterocycles. The van der Waals surface area contributed by atoms with Crippen molar-refractivity contribution in [1.29, 1.82) is 0 Å². The van der Waals surface area contributed by atoms with Gasteiger partial charge in [0.1, 0.15) is 4.90 Å². The molecule has 0 amide bonds. The van der Waals surface area contributed by atoms with Gasteiger partial charge in [0, 0.05) is 50.3 Å². The molecule has 0 spiro atoms. The summed E-state index contributed by atoms with van der Waals surface area (Å²) in [7, 11) is -2.27. The number of halogens is 1. The number of rotatable bonds is 6. The van der Waals surface area contributed by atoms with Crippen molar-refractivity contribution in [2.75, 3.05) is 23.7 Å². The van der Waals surface area contributed by atoms with Crippen LogP contribution in [0.25, 0.3) is 21.8 Å². The van der Waals surface area contributed by atoms with E-state index in [9.17, 15) is 8.42 Å². The monoisotopic (exact) mass is 514 g/mol. The van der Waals surface area contributed by atoms with E-state index in [1.807, 2.05) is 0 Å². The Morgan fingerprint density at radius 2 is 2.00 bits per heavy atom. The minimum atomic E-state index is -3.97. The van der Waals surface area contributed by atoms with E-state index in [2.05, 4.69) is 14.7 Å². The maximum absolute atomic E-state index is 15.8. The molecule has 3 N–H and O–H groups in total. The van der Waals surface area contributed by atoms with E-state index in [-0.39, 0.29) is 28.0 Å². The number of thiazole rings is 1. The third-order valence-electron chi connectivity index (χ3n) is 5.73. The maximum Gasteiger partial charge on any atom is 0.263 e. The van der Waals surface area contributed by atoms with E-state index in [4.69, 9.17) is 15.5 Å². The van der Waals surface area contributed by atoms with Crippen LogP contribution >= 0.6 is 11.3 Å². The van der Waals surface area contributed by atoms with Gasteiger partial charge < -0.3 is 15.0 Å². The molecule has 0 atom stereocenters. The van der Waals surface area contributed by atoms with Crippen molar-refractivity contribution in [3.8, 4) is 21.8 Å². The standard InChI is InChI=1S/C23H23FN6O3S2/c1-30-10-6-15(13-30)35(31,32)29-17-4-2-3-16(19(17)24)20-21(18-5-9-26-23(25)27-18)34-22(28-20)14-7-11-33-12-8-14/h2-6,9-10,13-14,29H,7-8,11-12H2,1H3,(H2,25,26,27). The first-order valence-corrected chi connectivity index (χ1v) is 13.2. The lowest BCUT2D eigenvalue weighted by Gasteiger charge is -2.19. The van der Waals surface area contributed by atoms with Crippen molar-refractivity contribution in [3.05, 3.63) is 59.7 Å². The van der Waals surface area contributed by atoms with Crippen molar-refractivity contribution in [2.24, 2.45) is 7.05 Å². The van der Waals surface area contributed by atoms with Gasteiger partial charge in [-0.15, -0.1) is 11.3 Å². The highest BCUT2D eigenvalue weighted by atomic mass is 32.2. The van der Waals surface area contributed by atoms with Gasteiger partial charge in [-0.05, 0) is 37.1 Å². The largest absolute Gasteiger partial charge is 0.381 e. The Balaban J connectivity index is 1.59. The zero-order valence-electron chi connectivity index (χ0n) is 18.8. The number of sulfonamides is 1. The van der Waals surface area contributed by atoms with Gasteiger partial charge >= 0.3 is 0 Å². The Morgan fingerprint density at radius 3 is 2.71 bits per heavy atom. The van der Waals surface area contributed by atoms with Crippen LogP contribution in [0.15, 0.2) is 53.8 Å². The van der Waals surface area contributed by atoms with Gasteiger partial charge in [-0.25, -0.2) is 27.8 Å². The Labute approximate surface area is 205 Å². The summed E-state index contributed by atoms with van der Waals surface area (Å²) < 4.78 is 50.8. The molecule has 1 aliphatic heterocycles. The van der Waals surface area contributed by atoms with E-state index in [1.54, 1.807) is 36.0 Å². The minimum absolute atomic E-state index is 0.0393. The van der Waals surface area contributed by atoms with E-state index < -0.39 is 15.8 Å². The number of nitrogens with one attached hydrogen (secondary N) is 1. The number of nitrogens with zero attached hydrogens (tertiary/aromatic N) is 4. The molecular weight excluding hydrogens is 491 g/mol. The molecule has 4 aromatic rings. The summed E-state index contributed by atoms with van der Waals surface area (Å²) in [4.78, 5) is 13.8. The Hall–Kier alpha value is -3.35. The molecule has 3 aromatic heterocycles. The first-order valence-electron chi connectivity index (χ1n) is 10.9. The fourth-order valence-electron chi connectivity index (χ4n) is 3.95. The summed E-state index contributed by atoms with van der Waals surface area (Å²) in [6.07, 6.45) is 6.22. The molecule has 0 aliphatic carbocycles. The van der Waals surface area contributed by atoms with Crippen molar-refractivity contribution >= 4 is 33.0 Å². The molecule has 4 heterocycles. The van der Waals surface area contributed by atoms with Crippen LogP contribution in [0.4, 0.5) is 16.0 Å². The highest BCUT2D eigenvalue weighted by Gasteiger charge is 2.26. The SMILES string of the molecule is Cn1ccc(S(=O)(=O)Nc2cccc(-c3nc(C4CCOCC4)sc3-c3ccnc(N)n3)c2F)c1. The molecule has 1 fully saturated rings. The zero-order chi connectivity index (χ0) is 24.6. The van der Waals surface area contributed by atoms with Crippen molar-refractivity contribution in [2.45, 2.75) is 23.7 Å².